The lowest BCUT2D eigenvalue weighted by atomic mass is 10.1. The van der Waals surface area contributed by atoms with E-state index >= 15 is 0 Å². The van der Waals surface area contributed by atoms with Gasteiger partial charge in [0.25, 0.3) is 0 Å². The Morgan fingerprint density at radius 3 is 2.36 bits per heavy atom. The van der Waals surface area contributed by atoms with Crippen LogP contribution in [-0.2, 0) is 10.3 Å². The number of alkyl carbamates (subject to hydrolysis) is 1. The number of nitrogens with zero attached hydrogens (tertiary/aromatic N) is 1. The highest BCUT2D eigenvalue weighted by atomic mass is 32.1. The molecule has 5 heteroatoms. The number of benzene rings is 1. The third-order valence-electron chi connectivity index (χ3n) is 2.91. The van der Waals surface area contributed by atoms with Crippen molar-refractivity contribution in [3.05, 3.63) is 41.5 Å². The third kappa shape index (κ3) is 4.31. The van der Waals surface area contributed by atoms with Crippen molar-refractivity contribution in [3.8, 4) is 10.4 Å². The molecule has 4 nitrogen and oxygen atoms in total. The molecule has 118 valence electrons. The molecule has 0 saturated carbocycles. The van der Waals surface area contributed by atoms with Gasteiger partial charge in [-0.1, -0.05) is 30.3 Å². The number of hydrogen-bond acceptors (Lipinski definition) is 4. The number of carbonyl (C=O) groups excluding carboxylic acids is 1. The number of carbonyl (C=O) groups is 1. The SMILES string of the molecule is CC(C)(C)OC(=O)NC(C)(C)c1ncc(-c2ccccc2)s1. The van der Waals surface area contributed by atoms with Gasteiger partial charge in [-0.05, 0) is 40.2 Å². The minimum Gasteiger partial charge on any atom is -0.444 e. The number of ether oxygens (including phenoxy) is 1. The van der Waals surface area contributed by atoms with Crippen LogP contribution in [0.5, 0.6) is 0 Å². The van der Waals surface area contributed by atoms with Crippen LogP contribution in [0.2, 0.25) is 0 Å². The molecule has 0 radical (unpaired) electrons. The molecule has 0 atom stereocenters. The van der Waals surface area contributed by atoms with E-state index in [-0.39, 0.29) is 0 Å². The predicted molar refractivity (Wildman–Crippen MR) is 89.9 cm³/mol. The summed E-state index contributed by atoms with van der Waals surface area (Å²) in [6.45, 7) is 9.37. The Kier molecular flexibility index (Phi) is 4.56. The second-order valence-electron chi connectivity index (χ2n) is 6.65. The van der Waals surface area contributed by atoms with Crippen LogP contribution in [0.1, 0.15) is 39.6 Å². The van der Waals surface area contributed by atoms with E-state index in [9.17, 15) is 4.79 Å². The monoisotopic (exact) mass is 318 g/mol. The van der Waals surface area contributed by atoms with Crippen molar-refractivity contribution >= 4 is 17.4 Å². The molecule has 2 aromatic rings. The second kappa shape index (κ2) is 6.08. The van der Waals surface area contributed by atoms with Gasteiger partial charge >= 0.3 is 6.09 Å². The average molecular weight is 318 g/mol. The fourth-order valence-electron chi connectivity index (χ4n) is 1.91. The Labute approximate surface area is 135 Å². The standard InChI is InChI=1S/C17H22N2O2S/c1-16(2,3)21-15(20)19-17(4,5)14-18-11-13(22-14)12-9-7-6-8-10-12/h6-11H,1-5H3,(H,19,20). The predicted octanol–water partition coefficient (Wildman–Crippen LogP) is 4.57. The molecule has 0 aliphatic heterocycles. The lowest BCUT2D eigenvalue weighted by molar-refractivity contribution is 0.0470. The number of aromatic nitrogens is 1. The number of amides is 1. The number of rotatable bonds is 3. The van der Waals surface area contributed by atoms with Crippen molar-refractivity contribution in [1.29, 1.82) is 0 Å². The van der Waals surface area contributed by atoms with E-state index in [0.29, 0.717) is 0 Å². The van der Waals surface area contributed by atoms with Crippen molar-refractivity contribution in [2.24, 2.45) is 0 Å². The minimum absolute atomic E-state index is 0.436. The van der Waals surface area contributed by atoms with Crippen LogP contribution in [0.3, 0.4) is 0 Å². The van der Waals surface area contributed by atoms with Crippen molar-refractivity contribution in [3.63, 3.8) is 0 Å². The van der Waals surface area contributed by atoms with E-state index in [1.807, 2.05) is 71.1 Å². The summed E-state index contributed by atoms with van der Waals surface area (Å²) in [5.41, 5.74) is 0.0254. The molecule has 0 bridgehead atoms. The van der Waals surface area contributed by atoms with Crippen LogP contribution in [0.25, 0.3) is 10.4 Å². The summed E-state index contributed by atoms with van der Waals surface area (Å²) in [6, 6.07) is 10.1. The summed E-state index contributed by atoms with van der Waals surface area (Å²) >= 11 is 1.57. The summed E-state index contributed by atoms with van der Waals surface area (Å²) in [5.74, 6) is 0. The zero-order valence-corrected chi connectivity index (χ0v) is 14.5. The Balaban J connectivity index is 2.13. The molecule has 2 rings (SSSR count). The van der Waals surface area contributed by atoms with Crippen molar-refractivity contribution in [2.75, 3.05) is 0 Å². The maximum atomic E-state index is 12.0. The molecule has 0 saturated heterocycles. The molecule has 1 N–H and O–H groups in total. The second-order valence-corrected chi connectivity index (χ2v) is 7.68. The molecule has 1 heterocycles. The van der Waals surface area contributed by atoms with Crippen LogP contribution >= 0.6 is 11.3 Å². The van der Waals surface area contributed by atoms with E-state index in [1.165, 1.54) is 0 Å². The van der Waals surface area contributed by atoms with Crippen molar-refractivity contribution in [1.82, 2.24) is 10.3 Å². The molecule has 0 spiro atoms. The average Bonchev–Trinajstić information content (AvgIpc) is 2.87. The number of nitrogens with one attached hydrogen (secondary N) is 1. The van der Waals surface area contributed by atoms with Crippen LogP contribution in [-0.4, -0.2) is 16.7 Å². The Hall–Kier alpha value is -1.88. The Bertz CT molecular complexity index is 642. The van der Waals surface area contributed by atoms with Gasteiger partial charge in [0.2, 0.25) is 0 Å². The van der Waals surface area contributed by atoms with E-state index in [2.05, 4.69) is 10.3 Å². The smallest absolute Gasteiger partial charge is 0.408 e. The number of hydrogen-bond donors (Lipinski definition) is 1. The summed E-state index contributed by atoms with van der Waals surface area (Å²) in [6.07, 6.45) is 1.40. The molecule has 0 aliphatic rings. The largest absolute Gasteiger partial charge is 0.444 e. The van der Waals surface area contributed by atoms with Gasteiger partial charge in [0.05, 0.1) is 10.4 Å². The van der Waals surface area contributed by atoms with Gasteiger partial charge in [0.15, 0.2) is 0 Å². The van der Waals surface area contributed by atoms with Crippen LogP contribution in [0.4, 0.5) is 4.79 Å². The zero-order chi connectivity index (χ0) is 16.4. The van der Waals surface area contributed by atoms with Gasteiger partial charge in [0, 0.05) is 6.20 Å². The van der Waals surface area contributed by atoms with Gasteiger partial charge in [-0.2, -0.15) is 0 Å². The summed E-state index contributed by atoms with van der Waals surface area (Å²) in [5, 5.41) is 3.73. The Morgan fingerprint density at radius 2 is 1.77 bits per heavy atom. The van der Waals surface area contributed by atoms with Gasteiger partial charge in [-0.3, -0.25) is 0 Å². The highest BCUT2D eigenvalue weighted by molar-refractivity contribution is 7.15. The molecule has 0 unspecified atom stereocenters. The van der Waals surface area contributed by atoms with Crippen LogP contribution in [0, 0.1) is 0 Å². The molecule has 0 fully saturated rings. The van der Waals surface area contributed by atoms with Gasteiger partial charge in [-0.15, -0.1) is 11.3 Å². The van der Waals surface area contributed by atoms with E-state index in [0.717, 1.165) is 15.4 Å². The summed E-state index contributed by atoms with van der Waals surface area (Å²) < 4.78 is 5.31. The van der Waals surface area contributed by atoms with E-state index in [1.54, 1.807) is 11.3 Å². The molecule has 1 aromatic heterocycles. The lowest BCUT2D eigenvalue weighted by Crippen LogP contribution is -2.43. The fourth-order valence-corrected chi connectivity index (χ4v) is 2.89. The minimum atomic E-state index is -0.583. The Morgan fingerprint density at radius 1 is 1.14 bits per heavy atom. The highest BCUT2D eigenvalue weighted by Gasteiger charge is 2.29. The molecular weight excluding hydrogens is 296 g/mol. The molecule has 1 aromatic carbocycles. The van der Waals surface area contributed by atoms with E-state index < -0.39 is 17.2 Å². The first-order valence-corrected chi connectivity index (χ1v) is 8.02. The topological polar surface area (TPSA) is 51.2 Å². The first kappa shape index (κ1) is 16.5. The normalized spacial score (nSPS) is 12.0. The molecule has 0 aliphatic carbocycles. The molecular formula is C17H22N2O2S. The highest BCUT2D eigenvalue weighted by Crippen LogP contribution is 2.31. The third-order valence-corrected chi connectivity index (χ3v) is 4.28. The first-order chi connectivity index (χ1) is 10.2. The fraction of sp³-hybridized carbons (Fsp3) is 0.412. The molecule has 1 amide bonds. The number of thiazole rings is 1. The summed E-state index contributed by atoms with van der Waals surface area (Å²) in [7, 11) is 0. The van der Waals surface area contributed by atoms with Crippen molar-refractivity contribution in [2.45, 2.75) is 45.8 Å². The van der Waals surface area contributed by atoms with Crippen LogP contribution < -0.4 is 5.32 Å². The lowest BCUT2D eigenvalue weighted by Gasteiger charge is -2.27. The quantitative estimate of drug-likeness (QED) is 0.902. The maximum absolute atomic E-state index is 12.0. The molecule has 22 heavy (non-hydrogen) atoms. The first-order valence-electron chi connectivity index (χ1n) is 7.20. The zero-order valence-electron chi connectivity index (χ0n) is 13.6. The van der Waals surface area contributed by atoms with E-state index in [4.69, 9.17) is 4.74 Å². The van der Waals surface area contributed by atoms with Gasteiger partial charge < -0.3 is 10.1 Å². The van der Waals surface area contributed by atoms with Crippen LogP contribution in [0.15, 0.2) is 36.5 Å². The van der Waals surface area contributed by atoms with Crippen molar-refractivity contribution < 1.29 is 9.53 Å². The summed E-state index contributed by atoms with van der Waals surface area (Å²) in [4.78, 5) is 17.5. The van der Waals surface area contributed by atoms with Gasteiger partial charge in [-0.25, -0.2) is 9.78 Å². The van der Waals surface area contributed by atoms with Gasteiger partial charge in [0.1, 0.15) is 10.6 Å². The maximum Gasteiger partial charge on any atom is 0.408 e.